The van der Waals surface area contributed by atoms with E-state index in [1.807, 2.05) is 0 Å². The molecule has 0 saturated carbocycles. The highest BCUT2D eigenvalue weighted by Gasteiger charge is 2.16. The van der Waals surface area contributed by atoms with Crippen LogP contribution in [0.15, 0.2) is 36.4 Å². The van der Waals surface area contributed by atoms with Crippen molar-refractivity contribution in [2.24, 2.45) is 5.73 Å². The maximum Gasteiger partial charge on any atom is 0.248 e. The number of rotatable bonds is 6. The first-order chi connectivity index (χ1) is 10.9. The van der Waals surface area contributed by atoms with Crippen molar-refractivity contribution in [3.63, 3.8) is 0 Å². The van der Waals surface area contributed by atoms with Gasteiger partial charge in [0.15, 0.2) is 17.5 Å². The lowest BCUT2D eigenvalue weighted by atomic mass is 10.1. The maximum absolute atomic E-state index is 13.3. The van der Waals surface area contributed by atoms with Crippen LogP contribution in [0.5, 0.6) is 0 Å². The molecule has 2 aromatic carbocycles. The van der Waals surface area contributed by atoms with Crippen LogP contribution in [0.1, 0.15) is 27.5 Å². The Morgan fingerprint density at radius 2 is 1.83 bits per heavy atom. The van der Waals surface area contributed by atoms with Gasteiger partial charge in [-0.3, -0.25) is 4.79 Å². The lowest BCUT2D eigenvalue weighted by Crippen LogP contribution is -2.24. The summed E-state index contributed by atoms with van der Waals surface area (Å²) in [5.74, 6) is -4.78. The van der Waals surface area contributed by atoms with E-state index in [1.54, 1.807) is 24.3 Å². The molecule has 0 aromatic heterocycles. The number of carbonyl (C=O) groups is 1. The van der Waals surface area contributed by atoms with Gasteiger partial charge in [0.05, 0.1) is 12.6 Å². The summed E-state index contributed by atoms with van der Waals surface area (Å²) in [6.07, 6.45) is 0. The third-order valence-corrected chi connectivity index (χ3v) is 3.36. The zero-order chi connectivity index (χ0) is 17.0. The van der Waals surface area contributed by atoms with Gasteiger partial charge in [0.25, 0.3) is 0 Å². The predicted molar refractivity (Wildman–Crippen MR) is 77.9 cm³/mol. The molecule has 0 aliphatic rings. The zero-order valence-electron chi connectivity index (χ0n) is 12.0. The van der Waals surface area contributed by atoms with E-state index in [4.69, 9.17) is 5.73 Å². The molecule has 2 aromatic rings. The molecule has 2 rings (SSSR count). The number of aliphatic hydroxyl groups excluding tert-OH is 1. The number of amides is 1. The molecule has 4 nitrogen and oxygen atoms in total. The Kier molecular flexibility index (Phi) is 5.36. The molecule has 0 fully saturated rings. The predicted octanol–water partition coefficient (Wildman–Crippen LogP) is 2.03. The number of nitrogens with two attached hydrogens (primary N) is 1. The molecule has 1 unspecified atom stereocenters. The monoisotopic (exact) mass is 324 g/mol. The quantitative estimate of drug-likeness (QED) is 0.712. The SMILES string of the molecule is NC(=O)c1cccc(CNC(CO)c2cc(F)c(F)c(F)c2)c1. The summed E-state index contributed by atoms with van der Waals surface area (Å²) in [7, 11) is 0. The van der Waals surface area contributed by atoms with E-state index in [9.17, 15) is 23.1 Å². The standard InChI is InChI=1S/C16H15F3N2O2/c17-12-5-11(6-13(18)15(12)19)14(8-22)21-7-9-2-1-3-10(4-9)16(20)23/h1-6,14,21-22H,7-8H2,(H2,20,23). The number of nitrogens with one attached hydrogen (secondary N) is 1. The van der Waals surface area contributed by atoms with Crippen molar-refractivity contribution in [1.29, 1.82) is 0 Å². The summed E-state index contributed by atoms with van der Waals surface area (Å²) in [6, 6.07) is 7.34. The molecule has 23 heavy (non-hydrogen) atoms. The molecule has 0 heterocycles. The van der Waals surface area contributed by atoms with Crippen molar-refractivity contribution in [1.82, 2.24) is 5.32 Å². The Morgan fingerprint density at radius 1 is 1.17 bits per heavy atom. The van der Waals surface area contributed by atoms with Crippen LogP contribution >= 0.6 is 0 Å². The normalized spacial score (nSPS) is 12.2. The van der Waals surface area contributed by atoms with Crippen molar-refractivity contribution in [2.75, 3.05) is 6.61 Å². The van der Waals surface area contributed by atoms with Crippen molar-refractivity contribution >= 4 is 5.91 Å². The van der Waals surface area contributed by atoms with E-state index in [-0.39, 0.29) is 12.1 Å². The van der Waals surface area contributed by atoms with Gasteiger partial charge in [-0.1, -0.05) is 12.1 Å². The van der Waals surface area contributed by atoms with Gasteiger partial charge in [-0.25, -0.2) is 13.2 Å². The summed E-state index contributed by atoms with van der Waals surface area (Å²) in [6.45, 7) is -0.229. The van der Waals surface area contributed by atoms with Crippen molar-refractivity contribution in [2.45, 2.75) is 12.6 Å². The third-order valence-electron chi connectivity index (χ3n) is 3.36. The van der Waals surface area contributed by atoms with Crippen LogP contribution in [0.4, 0.5) is 13.2 Å². The van der Waals surface area contributed by atoms with Crippen LogP contribution in [0, 0.1) is 17.5 Å². The first-order valence-electron chi connectivity index (χ1n) is 6.79. The van der Waals surface area contributed by atoms with Gasteiger partial charge < -0.3 is 16.2 Å². The van der Waals surface area contributed by atoms with Crippen LogP contribution < -0.4 is 11.1 Å². The third kappa shape index (κ3) is 4.08. The molecule has 0 aliphatic carbocycles. The number of halogens is 3. The van der Waals surface area contributed by atoms with Crippen molar-refractivity contribution < 1.29 is 23.1 Å². The van der Waals surface area contributed by atoms with Gasteiger partial charge >= 0.3 is 0 Å². The second-order valence-electron chi connectivity index (χ2n) is 4.98. The van der Waals surface area contributed by atoms with E-state index >= 15 is 0 Å². The van der Waals surface area contributed by atoms with Gasteiger partial charge in [0.1, 0.15) is 0 Å². The molecule has 0 bridgehead atoms. The minimum Gasteiger partial charge on any atom is -0.394 e. The fourth-order valence-corrected chi connectivity index (χ4v) is 2.14. The highest BCUT2D eigenvalue weighted by Crippen LogP contribution is 2.19. The first kappa shape index (κ1) is 17.0. The fraction of sp³-hybridized carbons (Fsp3) is 0.188. The summed E-state index contributed by atoms with van der Waals surface area (Å²) < 4.78 is 39.5. The van der Waals surface area contributed by atoms with Crippen LogP contribution in [-0.2, 0) is 6.54 Å². The van der Waals surface area contributed by atoms with Gasteiger partial charge in [-0.2, -0.15) is 0 Å². The molecule has 1 amide bonds. The first-order valence-corrected chi connectivity index (χ1v) is 6.79. The molecular formula is C16H15F3N2O2. The summed E-state index contributed by atoms with van der Waals surface area (Å²) in [4.78, 5) is 11.1. The van der Waals surface area contributed by atoms with Crippen molar-refractivity contribution in [3.05, 3.63) is 70.5 Å². The smallest absolute Gasteiger partial charge is 0.248 e. The lowest BCUT2D eigenvalue weighted by Gasteiger charge is -2.17. The van der Waals surface area contributed by atoms with E-state index < -0.39 is 36.0 Å². The van der Waals surface area contributed by atoms with Crippen LogP contribution in [0.3, 0.4) is 0 Å². The van der Waals surface area contributed by atoms with E-state index in [1.165, 1.54) is 0 Å². The molecule has 122 valence electrons. The average molecular weight is 324 g/mol. The number of hydrogen-bond donors (Lipinski definition) is 3. The van der Waals surface area contributed by atoms with Gasteiger partial charge in [0, 0.05) is 12.1 Å². The molecular weight excluding hydrogens is 309 g/mol. The zero-order valence-corrected chi connectivity index (χ0v) is 12.0. The molecule has 4 N–H and O–H groups in total. The number of aliphatic hydroxyl groups is 1. The van der Waals surface area contributed by atoms with Crippen LogP contribution in [0.2, 0.25) is 0 Å². The van der Waals surface area contributed by atoms with E-state index in [0.717, 1.165) is 12.1 Å². The van der Waals surface area contributed by atoms with Gasteiger partial charge in [-0.05, 0) is 35.4 Å². The Morgan fingerprint density at radius 3 is 2.39 bits per heavy atom. The second-order valence-corrected chi connectivity index (χ2v) is 4.98. The molecule has 1 atom stereocenters. The Labute approximate surface area is 130 Å². The highest BCUT2D eigenvalue weighted by atomic mass is 19.2. The van der Waals surface area contributed by atoms with Crippen LogP contribution in [0.25, 0.3) is 0 Å². The second kappa shape index (κ2) is 7.26. The summed E-state index contributed by atoms with van der Waals surface area (Å²) in [5, 5.41) is 12.3. The van der Waals surface area contributed by atoms with E-state index in [2.05, 4.69) is 5.32 Å². The Hall–Kier alpha value is -2.38. The lowest BCUT2D eigenvalue weighted by molar-refractivity contribution is 0.1000. The summed E-state index contributed by atoms with van der Waals surface area (Å²) >= 11 is 0. The Bertz CT molecular complexity index is 699. The van der Waals surface area contributed by atoms with Gasteiger partial charge in [-0.15, -0.1) is 0 Å². The van der Waals surface area contributed by atoms with Crippen LogP contribution in [-0.4, -0.2) is 17.6 Å². The largest absolute Gasteiger partial charge is 0.394 e. The molecule has 0 aliphatic heterocycles. The number of benzene rings is 2. The number of carbonyl (C=O) groups excluding carboxylic acids is 1. The maximum atomic E-state index is 13.3. The van der Waals surface area contributed by atoms with Gasteiger partial charge in [0.2, 0.25) is 5.91 Å². The minimum atomic E-state index is -1.56. The molecule has 7 heteroatoms. The molecule has 0 spiro atoms. The Balaban J connectivity index is 2.14. The molecule has 0 saturated heterocycles. The summed E-state index contributed by atoms with van der Waals surface area (Å²) in [5.41, 5.74) is 6.28. The number of primary amides is 1. The van der Waals surface area contributed by atoms with Crippen molar-refractivity contribution in [3.8, 4) is 0 Å². The minimum absolute atomic E-state index is 0.0787. The highest BCUT2D eigenvalue weighted by molar-refractivity contribution is 5.92. The average Bonchev–Trinajstić information content (AvgIpc) is 2.53. The fourth-order valence-electron chi connectivity index (χ4n) is 2.14. The molecule has 0 radical (unpaired) electrons. The van der Waals surface area contributed by atoms with E-state index in [0.29, 0.717) is 11.1 Å². The number of hydrogen-bond acceptors (Lipinski definition) is 3. The topological polar surface area (TPSA) is 75.4 Å².